The minimum atomic E-state index is -3.01. The van der Waals surface area contributed by atoms with Gasteiger partial charge in [0.15, 0.2) is 0 Å². The van der Waals surface area contributed by atoms with Gasteiger partial charge in [0.2, 0.25) is 0 Å². The van der Waals surface area contributed by atoms with Gasteiger partial charge in [-0.1, -0.05) is 51.3 Å². The van der Waals surface area contributed by atoms with Gasteiger partial charge in [0.1, 0.15) is 0 Å². The lowest BCUT2D eigenvalue weighted by Gasteiger charge is -2.19. The maximum atomic E-state index is 13.6. The van der Waals surface area contributed by atoms with Gasteiger partial charge in [0.05, 0.1) is 0 Å². The molecule has 86 valence electrons. The number of rotatable bonds is 4. The zero-order chi connectivity index (χ0) is 12.3. The molecular formula is C14H16F2. The molecule has 1 aromatic carbocycles. The summed E-state index contributed by atoms with van der Waals surface area (Å²) in [6.45, 7) is 10.7. The quantitative estimate of drug-likeness (QED) is 0.646. The minimum absolute atomic E-state index is 0.0244. The molecule has 0 saturated carbocycles. The predicted octanol–water partition coefficient (Wildman–Crippen LogP) is 4.73. The summed E-state index contributed by atoms with van der Waals surface area (Å²) in [5.41, 5.74) is 1.38. The Balaban J connectivity index is 3.47. The van der Waals surface area contributed by atoms with Gasteiger partial charge in [-0.3, -0.25) is 0 Å². The lowest BCUT2D eigenvalue weighted by Crippen LogP contribution is -2.12. The van der Waals surface area contributed by atoms with E-state index in [4.69, 9.17) is 0 Å². The van der Waals surface area contributed by atoms with Crippen LogP contribution in [-0.2, 0) is 5.92 Å². The zero-order valence-electron chi connectivity index (χ0n) is 9.63. The Morgan fingerprint density at radius 3 is 2.31 bits per heavy atom. The van der Waals surface area contributed by atoms with Crippen LogP contribution in [-0.4, -0.2) is 0 Å². The summed E-state index contributed by atoms with van der Waals surface area (Å²) < 4.78 is 27.2. The third-order valence-corrected chi connectivity index (χ3v) is 2.58. The molecule has 0 aliphatic heterocycles. The fraction of sp³-hybridized carbons (Fsp3) is 0.286. The average molecular weight is 222 g/mol. The van der Waals surface area contributed by atoms with E-state index in [9.17, 15) is 8.78 Å². The molecule has 16 heavy (non-hydrogen) atoms. The highest BCUT2D eigenvalue weighted by Crippen LogP contribution is 2.35. The summed E-state index contributed by atoms with van der Waals surface area (Å²) >= 11 is 0. The summed E-state index contributed by atoms with van der Waals surface area (Å²) in [5.74, 6) is -2.82. The Bertz CT molecular complexity index is 403. The average Bonchev–Trinajstić information content (AvgIpc) is 2.27. The third-order valence-electron chi connectivity index (χ3n) is 2.58. The van der Waals surface area contributed by atoms with Crippen LogP contribution in [0, 0.1) is 0 Å². The molecule has 0 spiro atoms. The van der Waals surface area contributed by atoms with Gasteiger partial charge in [0, 0.05) is 5.56 Å². The van der Waals surface area contributed by atoms with Crippen molar-refractivity contribution in [3.05, 3.63) is 54.1 Å². The Morgan fingerprint density at radius 1 is 1.25 bits per heavy atom. The van der Waals surface area contributed by atoms with Crippen LogP contribution in [0.1, 0.15) is 36.5 Å². The van der Waals surface area contributed by atoms with Crippen molar-refractivity contribution in [2.45, 2.75) is 25.7 Å². The zero-order valence-corrected chi connectivity index (χ0v) is 9.63. The van der Waals surface area contributed by atoms with E-state index >= 15 is 0 Å². The maximum Gasteiger partial charge on any atom is 0.292 e. The van der Waals surface area contributed by atoms with Crippen LogP contribution in [0.2, 0.25) is 0 Å². The van der Waals surface area contributed by atoms with Crippen molar-refractivity contribution in [2.75, 3.05) is 0 Å². The molecule has 0 bridgehead atoms. The second kappa shape index (κ2) is 4.60. The molecule has 0 atom stereocenters. The lowest BCUT2D eigenvalue weighted by molar-refractivity contribution is 0.0522. The Kier molecular flexibility index (Phi) is 3.63. The predicted molar refractivity (Wildman–Crippen MR) is 64.7 cm³/mol. The van der Waals surface area contributed by atoms with E-state index in [-0.39, 0.29) is 11.5 Å². The van der Waals surface area contributed by atoms with Crippen molar-refractivity contribution >= 4 is 6.08 Å². The van der Waals surface area contributed by atoms with Crippen molar-refractivity contribution in [3.63, 3.8) is 0 Å². The van der Waals surface area contributed by atoms with Gasteiger partial charge < -0.3 is 0 Å². The normalized spacial score (nSPS) is 11.6. The molecule has 2 heteroatoms. The SMILES string of the molecule is C=Cc1c(C(C)C)cccc1C(F)(F)C=C. The molecule has 1 rings (SSSR count). The first-order chi connectivity index (χ1) is 7.44. The van der Waals surface area contributed by atoms with Crippen molar-refractivity contribution < 1.29 is 8.78 Å². The van der Waals surface area contributed by atoms with E-state index in [0.717, 1.165) is 5.56 Å². The number of hydrogen-bond acceptors (Lipinski definition) is 0. The molecular weight excluding hydrogens is 206 g/mol. The molecule has 0 N–H and O–H groups in total. The third kappa shape index (κ3) is 2.21. The first-order valence-corrected chi connectivity index (χ1v) is 5.21. The number of hydrogen-bond donors (Lipinski definition) is 0. The first kappa shape index (κ1) is 12.6. The highest BCUT2D eigenvalue weighted by Gasteiger charge is 2.30. The molecule has 0 radical (unpaired) electrons. The molecule has 0 nitrogen and oxygen atoms in total. The first-order valence-electron chi connectivity index (χ1n) is 5.21. The van der Waals surface area contributed by atoms with Crippen molar-refractivity contribution in [3.8, 4) is 0 Å². The van der Waals surface area contributed by atoms with Gasteiger partial charge in [-0.25, -0.2) is 0 Å². The molecule has 0 heterocycles. The minimum Gasteiger partial charge on any atom is -0.197 e. The summed E-state index contributed by atoms with van der Waals surface area (Å²) in [4.78, 5) is 0. The van der Waals surface area contributed by atoms with Crippen molar-refractivity contribution in [1.29, 1.82) is 0 Å². The smallest absolute Gasteiger partial charge is 0.197 e. The van der Waals surface area contributed by atoms with Gasteiger partial charge in [-0.2, -0.15) is 8.78 Å². The van der Waals surface area contributed by atoms with Crippen LogP contribution < -0.4 is 0 Å². The number of benzene rings is 1. The van der Waals surface area contributed by atoms with E-state index in [0.29, 0.717) is 11.6 Å². The molecule has 0 aliphatic carbocycles. The summed E-state index contributed by atoms with van der Waals surface area (Å²) in [6, 6.07) is 4.92. The van der Waals surface area contributed by atoms with E-state index in [1.165, 1.54) is 12.1 Å². The molecule has 0 aliphatic rings. The van der Waals surface area contributed by atoms with Gasteiger partial charge in [-0.15, -0.1) is 0 Å². The van der Waals surface area contributed by atoms with E-state index in [1.54, 1.807) is 6.07 Å². The Morgan fingerprint density at radius 2 is 1.88 bits per heavy atom. The Labute approximate surface area is 95.3 Å². The second-order valence-electron chi connectivity index (χ2n) is 3.99. The van der Waals surface area contributed by atoms with Crippen LogP contribution in [0.15, 0.2) is 37.4 Å². The number of alkyl halides is 2. The van der Waals surface area contributed by atoms with E-state index in [2.05, 4.69) is 13.2 Å². The van der Waals surface area contributed by atoms with Gasteiger partial charge in [0.25, 0.3) is 5.92 Å². The molecule has 0 aromatic heterocycles. The van der Waals surface area contributed by atoms with E-state index < -0.39 is 5.92 Å². The molecule has 0 fully saturated rings. The summed E-state index contributed by atoms with van der Waals surface area (Å²) in [5, 5.41) is 0. The number of halogens is 2. The second-order valence-corrected chi connectivity index (χ2v) is 3.99. The number of allylic oxidation sites excluding steroid dienone is 1. The highest BCUT2D eigenvalue weighted by atomic mass is 19.3. The molecule has 0 unspecified atom stereocenters. The summed E-state index contributed by atoms with van der Waals surface area (Å²) in [7, 11) is 0. The maximum absolute atomic E-state index is 13.6. The van der Waals surface area contributed by atoms with E-state index in [1.807, 2.05) is 19.9 Å². The van der Waals surface area contributed by atoms with Crippen LogP contribution in [0.25, 0.3) is 6.08 Å². The molecule has 0 amide bonds. The lowest BCUT2D eigenvalue weighted by atomic mass is 9.91. The fourth-order valence-electron chi connectivity index (χ4n) is 1.71. The fourth-order valence-corrected chi connectivity index (χ4v) is 1.71. The highest BCUT2D eigenvalue weighted by molar-refractivity contribution is 5.59. The van der Waals surface area contributed by atoms with Crippen LogP contribution in [0.4, 0.5) is 8.78 Å². The Hall–Kier alpha value is -1.44. The van der Waals surface area contributed by atoms with Gasteiger partial charge >= 0.3 is 0 Å². The monoisotopic (exact) mass is 222 g/mol. The van der Waals surface area contributed by atoms with Gasteiger partial charge in [-0.05, 0) is 23.1 Å². The van der Waals surface area contributed by atoms with Crippen molar-refractivity contribution in [2.24, 2.45) is 0 Å². The molecule has 0 saturated heterocycles. The largest absolute Gasteiger partial charge is 0.292 e. The summed E-state index contributed by atoms with van der Waals surface area (Å²) in [6.07, 6.45) is 2.15. The standard InChI is InChI=1S/C14H16F2/c1-5-11-12(10(3)4)8-7-9-13(11)14(15,16)6-2/h5-10H,1-2H2,3-4H3. The topological polar surface area (TPSA) is 0 Å². The van der Waals surface area contributed by atoms with Crippen LogP contribution in [0.5, 0.6) is 0 Å². The van der Waals surface area contributed by atoms with Crippen LogP contribution in [0.3, 0.4) is 0 Å². The van der Waals surface area contributed by atoms with Crippen LogP contribution >= 0.6 is 0 Å². The van der Waals surface area contributed by atoms with Crippen molar-refractivity contribution in [1.82, 2.24) is 0 Å². The molecule has 1 aromatic rings.